The van der Waals surface area contributed by atoms with Gasteiger partial charge in [0.2, 0.25) is 0 Å². The van der Waals surface area contributed by atoms with Gasteiger partial charge < -0.3 is 4.43 Å². The van der Waals surface area contributed by atoms with Crippen LogP contribution in [0.25, 0.3) is 0 Å². The number of hydrogen-bond donors (Lipinski definition) is 0. The third-order valence-electron chi connectivity index (χ3n) is 3.90. The number of allylic oxidation sites excluding steroid dienone is 1. The van der Waals surface area contributed by atoms with Crippen molar-refractivity contribution in [1.82, 2.24) is 0 Å². The summed E-state index contributed by atoms with van der Waals surface area (Å²) >= 11 is 0. The molecule has 0 fully saturated rings. The topological polar surface area (TPSA) is 9.23 Å². The Hall–Kier alpha value is -0.523. The molecule has 104 valence electrons. The van der Waals surface area contributed by atoms with Gasteiger partial charge in [0.05, 0.1) is 0 Å². The van der Waals surface area contributed by atoms with E-state index in [4.69, 9.17) is 10.8 Å². The molecule has 0 aliphatic heterocycles. The zero-order valence-electron chi connectivity index (χ0n) is 13.1. The van der Waals surface area contributed by atoms with Crippen LogP contribution in [0.2, 0.25) is 18.1 Å². The van der Waals surface area contributed by atoms with Crippen LogP contribution in [0, 0.1) is 12.3 Å². The summed E-state index contributed by atoms with van der Waals surface area (Å²) in [4.78, 5) is 0. The molecule has 0 heterocycles. The van der Waals surface area contributed by atoms with E-state index < -0.39 is 13.9 Å². The van der Waals surface area contributed by atoms with Crippen LogP contribution in [0.1, 0.15) is 53.4 Å². The van der Waals surface area contributed by atoms with Crippen LogP contribution in [0.4, 0.5) is 0 Å². The predicted molar refractivity (Wildman–Crippen MR) is 84.2 cm³/mol. The first kappa shape index (κ1) is 17.5. The smallest absolute Gasteiger partial charge is 0.194 e. The zero-order chi connectivity index (χ0) is 14.4. The molecule has 2 heteroatoms. The van der Waals surface area contributed by atoms with Gasteiger partial charge in [0, 0.05) is 0 Å². The second-order valence-electron chi connectivity index (χ2n) is 6.77. The Morgan fingerprint density at radius 1 is 1.22 bits per heavy atom. The number of unbranched alkanes of at least 4 members (excludes halogenated alkanes) is 2. The monoisotopic (exact) mass is 266 g/mol. The zero-order valence-corrected chi connectivity index (χ0v) is 14.1. The van der Waals surface area contributed by atoms with E-state index in [0.717, 1.165) is 25.7 Å². The highest BCUT2D eigenvalue weighted by Crippen LogP contribution is 2.40. The minimum absolute atomic E-state index is 0.201. The number of terminal acetylenes is 1. The highest BCUT2D eigenvalue weighted by Gasteiger charge is 2.42. The van der Waals surface area contributed by atoms with E-state index in [1.807, 2.05) is 6.08 Å². The highest BCUT2D eigenvalue weighted by molar-refractivity contribution is 6.74. The van der Waals surface area contributed by atoms with E-state index in [0.29, 0.717) is 0 Å². The summed E-state index contributed by atoms with van der Waals surface area (Å²) in [7, 11) is -1.79. The fourth-order valence-corrected chi connectivity index (χ4v) is 3.21. The molecule has 1 nitrogen and oxygen atoms in total. The van der Waals surface area contributed by atoms with Gasteiger partial charge in [-0.15, -0.1) is 13.0 Å². The van der Waals surface area contributed by atoms with Crippen molar-refractivity contribution in [2.75, 3.05) is 0 Å². The van der Waals surface area contributed by atoms with Crippen LogP contribution < -0.4 is 0 Å². The SMILES string of the molecule is C#CC(C)(CCCCC=C)O[Si](C)(C)C(C)(C)C. The van der Waals surface area contributed by atoms with Crippen LogP contribution in [0.3, 0.4) is 0 Å². The van der Waals surface area contributed by atoms with E-state index >= 15 is 0 Å². The third kappa shape index (κ3) is 5.41. The minimum atomic E-state index is -1.79. The molecule has 0 saturated heterocycles. The van der Waals surface area contributed by atoms with Crippen molar-refractivity contribution in [3.63, 3.8) is 0 Å². The number of rotatable bonds is 7. The molecule has 0 aliphatic carbocycles. The van der Waals surface area contributed by atoms with E-state index in [2.05, 4.69) is 53.3 Å². The average Bonchev–Trinajstić information content (AvgIpc) is 2.22. The molecule has 0 aromatic heterocycles. The molecule has 0 spiro atoms. The fraction of sp³-hybridized carbons (Fsp3) is 0.750. The third-order valence-corrected chi connectivity index (χ3v) is 8.48. The molecular formula is C16H30OSi. The van der Waals surface area contributed by atoms with Crippen molar-refractivity contribution < 1.29 is 4.43 Å². The first-order valence-corrected chi connectivity index (χ1v) is 9.78. The Morgan fingerprint density at radius 3 is 2.17 bits per heavy atom. The maximum Gasteiger partial charge on any atom is 0.194 e. The quantitative estimate of drug-likeness (QED) is 0.268. The summed E-state index contributed by atoms with van der Waals surface area (Å²) in [6, 6.07) is 0. The maximum atomic E-state index is 6.40. The van der Waals surface area contributed by atoms with Gasteiger partial charge in [0.25, 0.3) is 0 Å². The highest BCUT2D eigenvalue weighted by atomic mass is 28.4. The van der Waals surface area contributed by atoms with E-state index in [-0.39, 0.29) is 5.04 Å². The molecule has 0 amide bonds. The van der Waals surface area contributed by atoms with Crippen molar-refractivity contribution in [1.29, 1.82) is 0 Å². The van der Waals surface area contributed by atoms with Gasteiger partial charge in [-0.1, -0.05) is 32.8 Å². The van der Waals surface area contributed by atoms with Crippen molar-refractivity contribution in [3.05, 3.63) is 12.7 Å². The largest absolute Gasteiger partial charge is 0.401 e. The molecule has 1 unspecified atom stereocenters. The summed E-state index contributed by atoms with van der Waals surface area (Å²) < 4.78 is 6.40. The molecule has 0 aromatic rings. The van der Waals surface area contributed by atoms with Gasteiger partial charge >= 0.3 is 0 Å². The van der Waals surface area contributed by atoms with Gasteiger partial charge in [-0.2, -0.15) is 0 Å². The van der Waals surface area contributed by atoms with Crippen LogP contribution in [0.5, 0.6) is 0 Å². The summed E-state index contributed by atoms with van der Waals surface area (Å²) in [6.45, 7) is 17.0. The van der Waals surface area contributed by atoms with Gasteiger partial charge in [0.15, 0.2) is 8.32 Å². The van der Waals surface area contributed by atoms with Gasteiger partial charge in [0.1, 0.15) is 5.60 Å². The fourth-order valence-electron chi connectivity index (χ4n) is 1.62. The lowest BCUT2D eigenvalue weighted by atomic mass is 9.99. The molecule has 18 heavy (non-hydrogen) atoms. The van der Waals surface area contributed by atoms with Crippen LogP contribution in [-0.2, 0) is 4.43 Å². The van der Waals surface area contributed by atoms with E-state index in [1.165, 1.54) is 0 Å². The first-order valence-electron chi connectivity index (χ1n) is 6.87. The normalized spacial score (nSPS) is 15.8. The van der Waals surface area contributed by atoms with Gasteiger partial charge in [-0.25, -0.2) is 0 Å². The van der Waals surface area contributed by atoms with Crippen molar-refractivity contribution in [3.8, 4) is 12.3 Å². The van der Waals surface area contributed by atoms with E-state index in [1.54, 1.807) is 0 Å². The molecule has 0 aromatic carbocycles. The maximum absolute atomic E-state index is 6.40. The number of hydrogen-bond acceptors (Lipinski definition) is 1. The summed E-state index contributed by atoms with van der Waals surface area (Å²) in [5.74, 6) is 2.87. The minimum Gasteiger partial charge on any atom is -0.401 e. The van der Waals surface area contributed by atoms with Gasteiger partial charge in [-0.05, 0) is 50.7 Å². The van der Waals surface area contributed by atoms with Crippen LogP contribution in [-0.4, -0.2) is 13.9 Å². The summed E-state index contributed by atoms with van der Waals surface area (Å²) in [6.07, 6.45) is 11.9. The Bertz CT molecular complexity index is 306. The lowest BCUT2D eigenvalue weighted by Crippen LogP contribution is -2.48. The Balaban J connectivity index is 4.58. The molecule has 0 saturated carbocycles. The molecule has 0 aliphatic rings. The Morgan fingerprint density at radius 2 is 1.78 bits per heavy atom. The summed E-state index contributed by atoms with van der Waals surface area (Å²) in [5, 5.41) is 0.201. The van der Waals surface area contributed by atoms with Crippen LogP contribution in [0.15, 0.2) is 12.7 Å². The van der Waals surface area contributed by atoms with Gasteiger partial charge in [-0.3, -0.25) is 0 Å². The molecule has 0 rings (SSSR count). The van der Waals surface area contributed by atoms with Crippen LogP contribution >= 0.6 is 0 Å². The average molecular weight is 267 g/mol. The lowest BCUT2D eigenvalue weighted by Gasteiger charge is -2.42. The second kappa shape index (κ2) is 6.59. The molecular weight excluding hydrogens is 236 g/mol. The lowest BCUT2D eigenvalue weighted by molar-refractivity contribution is 0.119. The van der Waals surface area contributed by atoms with E-state index in [9.17, 15) is 0 Å². The predicted octanol–water partition coefficient (Wildman–Crippen LogP) is 5.15. The molecule has 0 N–H and O–H groups in total. The second-order valence-corrected chi connectivity index (χ2v) is 11.5. The molecule has 0 radical (unpaired) electrons. The summed E-state index contributed by atoms with van der Waals surface area (Å²) in [5.41, 5.74) is -0.413. The Labute approximate surface area is 115 Å². The van der Waals surface area contributed by atoms with Crippen molar-refractivity contribution in [2.45, 2.75) is 77.1 Å². The van der Waals surface area contributed by atoms with Crippen molar-refractivity contribution in [2.24, 2.45) is 0 Å². The Kier molecular flexibility index (Phi) is 6.40. The molecule has 0 bridgehead atoms. The first-order chi connectivity index (χ1) is 8.08. The molecule has 1 atom stereocenters. The standard InChI is InChI=1S/C16H30OSi/c1-9-11-12-13-14-16(6,10-2)17-18(7,8)15(3,4)5/h2,9H,1,11-14H2,3-8H3. The van der Waals surface area contributed by atoms with Crippen molar-refractivity contribution >= 4 is 8.32 Å².